The molecular formula is C18H20N2O2. The van der Waals surface area contributed by atoms with E-state index in [1.165, 1.54) is 5.56 Å². The fourth-order valence-electron chi connectivity index (χ4n) is 2.89. The molecule has 0 spiro atoms. The van der Waals surface area contributed by atoms with Crippen LogP contribution in [0.3, 0.4) is 0 Å². The number of aromatic hydroxyl groups is 1. The highest BCUT2D eigenvalue weighted by molar-refractivity contribution is 5.77. The third kappa shape index (κ3) is 3.12. The van der Waals surface area contributed by atoms with Crippen LogP contribution in [-0.2, 0) is 17.8 Å². The number of phenols is 1. The minimum Gasteiger partial charge on any atom is -0.508 e. The molecule has 2 aromatic rings. The topological polar surface area (TPSA) is 66.6 Å². The fraction of sp³-hybridized carbons (Fsp3) is 0.278. The Balaban J connectivity index is 1.66. The number of benzene rings is 2. The lowest BCUT2D eigenvalue weighted by Gasteiger charge is -2.30. The van der Waals surface area contributed by atoms with E-state index in [0.717, 1.165) is 17.5 Å². The van der Waals surface area contributed by atoms with E-state index in [9.17, 15) is 9.90 Å². The van der Waals surface area contributed by atoms with Crippen LogP contribution in [0.2, 0.25) is 0 Å². The van der Waals surface area contributed by atoms with E-state index in [0.29, 0.717) is 19.5 Å². The van der Waals surface area contributed by atoms with Crippen molar-refractivity contribution in [3.63, 3.8) is 0 Å². The van der Waals surface area contributed by atoms with Crippen LogP contribution in [0, 0.1) is 0 Å². The van der Waals surface area contributed by atoms with Crippen molar-refractivity contribution in [2.45, 2.75) is 25.4 Å². The highest BCUT2D eigenvalue weighted by Gasteiger charge is 2.22. The molecule has 0 radical (unpaired) electrons. The molecule has 0 bridgehead atoms. The summed E-state index contributed by atoms with van der Waals surface area (Å²) < 4.78 is 0. The second-order valence-corrected chi connectivity index (χ2v) is 5.74. The Hall–Kier alpha value is -2.33. The van der Waals surface area contributed by atoms with Crippen molar-refractivity contribution in [2.75, 3.05) is 6.54 Å². The first-order valence-corrected chi connectivity index (χ1v) is 7.52. The smallest absolute Gasteiger partial charge is 0.224 e. The van der Waals surface area contributed by atoms with E-state index in [1.807, 2.05) is 41.3 Å². The summed E-state index contributed by atoms with van der Waals surface area (Å²) in [5, 5.41) is 9.58. The summed E-state index contributed by atoms with van der Waals surface area (Å²) >= 11 is 0. The molecule has 0 fully saturated rings. The average molecular weight is 296 g/mol. The van der Waals surface area contributed by atoms with Gasteiger partial charge in [0.25, 0.3) is 0 Å². The third-order valence-electron chi connectivity index (χ3n) is 4.18. The summed E-state index contributed by atoms with van der Waals surface area (Å²) in [7, 11) is 0. The Kier molecular flexibility index (Phi) is 4.11. The van der Waals surface area contributed by atoms with E-state index in [2.05, 4.69) is 0 Å². The average Bonchev–Trinajstić information content (AvgIpc) is 2.54. The van der Waals surface area contributed by atoms with Gasteiger partial charge in [0.05, 0.1) is 0 Å². The van der Waals surface area contributed by atoms with Gasteiger partial charge >= 0.3 is 0 Å². The van der Waals surface area contributed by atoms with Crippen molar-refractivity contribution in [2.24, 2.45) is 5.73 Å². The Morgan fingerprint density at radius 2 is 1.95 bits per heavy atom. The van der Waals surface area contributed by atoms with Crippen LogP contribution in [0.1, 0.15) is 29.2 Å². The maximum Gasteiger partial charge on any atom is 0.224 e. The van der Waals surface area contributed by atoms with Crippen LogP contribution in [0.4, 0.5) is 0 Å². The van der Waals surface area contributed by atoms with Gasteiger partial charge in [-0.05, 0) is 35.2 Å². The summed E-state index contributed by atoms with van der Waals surface area (Å²) in [6.07, 6.45) is 1.13. The molecule has 0 saturated heterocycles. The van der Waals surface area contributed by atoms with E-state index < -0.39 is 0 Å². The number of rotatable bonds is 3. The molecule has 3 rings (SSSR count). The van der Waals surface area contributed by atoms with Gasteiger partial charge in [0.15, 0.2) is 0 Å². The summed E-state index contributed by atoms with van der Waals surface area (Å²) in [5.74, 6) is 0.305. The van der Waals surface area contributed by atoms with Crippen LogP contribution in [-0.4, -0.2) is 22.5 Å². The molecule has 114 valence electrons. The largest absolute Gasteiger partial charge is 0.508 e. The van der Waals surface area contributed by atoms with Crippen LogP contribution in [0.25, 0.3) is 0 Å². The lowest BCUT2D eigenvalue weighted by molar-refractivity contribution is -0.132. The van der Waals surface area contributed by atoms with Crippen molar-refractivity contribution in [1.29, 1.82) is 0 Å². The van der Waals surface area contributed by atoms with Crippen LogP contribution in [0.5, 0.6) is 5.75 Å². The molecule has 1 aliphatic rings. The van der Waals surface area contributed by atoms with E-state index in [4.69, 9.17) is 5.73 Å². The molecule has 4 nitrogen and oxygen atoms in total. The minimum atomic E-state index is -0.278. The van der Waals surface area contributed by atoms with Gasteiger partial charge in [-0.25, -0.2) is 0 Å². The van der Waals surface area contributed by atoms with E-state index >= 15 is 0 Å². The maximum atomic E-state index is 12.5. The number of carbonyl (C=O) groups excluding carboxylic acids is 1. The van der Waals surface area contributed by atoms with Crippen molar-refractivity contribution < 1.29 is 9.90 Å². The molecule has 0 aliphatic carbocycles. The number of hydrogen-bond donors (Lipinski definition) is 2. The van der Waals surface area contributed by atoms with Gasteiger partial charge in [-0.15, -0.1) is 0 Å². The summed E-state index contributed by atoms with van der Waals surface area (Å²) in [6.45, 7) is 1.25. The van der Waals surface area contributed by atoms with Crippen LogP contribution in [0.15, 0.2) is 48.5 Å². The molecule has 1 aliphatic heterocycles. The summed E-state index contributed by atoms with van der Waals surface area (Å²) in [6, 6.07) is 14.8. The van der Waals surface area contributed by atoms with Gasteiger partial charge in [0.1, 0.15) is 5.75 Å². The molecule has 0 saturated carbocycles. The molecule has 1 heterocycles. The quantitative estimate of drug-likeness (QED) is 0.914. The minimum absolute atomic E-state index is 0.0605. The van der Waals surface area contributed by atoms with Crippen molar-refractivity contribution in [3.05, 3.63) is 65.2 Å². The fourth-order valence-corrected chi connectivity index (χ4v) is 2.89. The highest BCUT2D eigenvalue weighted by atomic mass is 16.3. The zero-order chi connectivity index (χ0) is 15.5. The maximum absolute atomic E-state index is 12.5. The highest BCUT2D eigenvalue weighted by Crippen LogP contribution is 2.24. The Bertz CT molecular complexity index is 670. The van der Waals surface area contributed by atoms with Crippen molar-refractivity contribution in [3.8, 4) is 5.75 Å². The molecule has 3 N–H and O–H groups in total. The monoisotopic (exact) mass is 296 g/mol. The van der Waals surface area contributed by atoms with Gasteiger partial charge in [0.2, 0.25) is 5.91 Å². The molecule has 22 heavy (non-hydrogen) atoms. The first-order chi connectivity index (χ1) is 10.6. The molecule has 4 heteroatoms. The van der Waals surface area contributed by atoms with Gasteiger partial charge < -0.3 is 15.7 Å². The molecule has 1 unspecified atom stereocenters. The number of nitrogens with zero attached hydrogens (tertiary/aromatic N) is 1. The van der Waals surface area contributed by atoms with Crippen LogP contribution >= 0.6 is 0 Å². The predicted molar refractivity (Wildman–Crippen MR) is 85.2 cm³/mol. The third-order valence-corrected chi connectivity index (χ3v) is 4.18. The van der Waals surface area contributed by atoms with E-state index in [-0.39, 0.29) is 17.7 Å². The Labute approximate surface area is 130 Å². The molecular weight excluding hydrogens is 276 g/mol. The number of hydrogen-bond acceptors (Lipinski definition) is 3. The van der Waals surface area contributed by atoms with E-state index in [1.54, 1.807) is 12.1 Å². The number of nitrogens with two attached hydrogens (primary N) is 1. The second-order valence-electron chi connectivity index (χ2n) is 5.74. The summed E-state index contributed by atoms with van der Waals surface area (Å²) in [4.78, 5) is 14.3. The first kappa shape index (κ1) is 14.6. The standard InChI is InChI=1S/C18H20N2O2/c19-17(14-4-2-1-3-5-14)11-18(22)20-9-8-13-6-7-16(21)10-15(13)12-20/h1-7,10,17,21H,8-9,11-12,19H2. The normalized spacial score (nSPS) is 15.2. The SMILES string of the molecule is NC(CC(=O)N1CCc2ccc(O)cc2C1)c1ccccc1. The number of carbonyl (C=O) groups is 1. The molecule has 1 amide bonds. The zero-order valence-electron chi connectivity index (χ0n) is 12.4. The van der Waals surface area contributed by atoms with Gasteiger partial charge in [-0.3, -0.25) is 4.79 Å². The lowest BCUT2D eigenvalue weighted by Crippen LogP contribution is -2.37. The number of amides is 1. The Morgan fingerprint density at radius 1 is 1.18 bits per heavy atom. The first-order valence-electron chi connectivity index (χ1n) is 7.52. The number of phenolic OH excluding ortho intramolecular Hbond substituents is 1. The number of fused-ring (bicyclic) bond motifs is 1. The second kappa shape index (κ2) is 6.20. The predicted octanol–water partition coefficient (Wildman–Crippen LogP) is 2.37. The van der Waals surface area contributed by atoms with Gasteiger partial charge in [0, 0.05) is 25.6 Å². The van der Waals surface area contributed by atoms with Crippen LogP contribution < -0.4 is 5.73 Å². The van der Waals surface area contributed by atoms with Crippen molar-refractivity contribution in [1.82, 2.24) is 4.90 Å². The lowest BCUT2D eigenvalue weighted by atomic mass is 9.98. The van der Waals surface area contributed by atoms with Gasteiger partial charge in [-0.1, -0.05) is 36.4 Å². The zero-order valence-corrected chi connectivity index (χ0v) is 12.4. The molecule has 0 aromatic heterocycles. The Morgan fingerprint density at radius 3 is 2.73 bits per heavy atom. The molecule has 1 atom stereocenters. The summed E-state index contributed by atoms with van der Waals surface area (Å²) in [5.41, 5.74) is 9.34. The van der Waals surface area contributed by atoms with Crippen molar-refractivity contribution >= 4 is 5.91 Å². The van der Waals surface area contributed by atoms with Gasteiger partial charge in [-0.2, -0.15) is 0 Å². The molecule has 2 aromatic carbocycles.